The number of aromatic nitrogens is 7. The maximum atomic E-state index is 13.8. The predicted octanol–water partition coefficient (Wildman–Crippen LogP) is 5.38. The lowest BCUT2D eigenvalue weighted by molar-refractivity contribution is 0.0925. The van der Waals surface area contributed by atoms with Crippen LogP contribution in [0.1, 0.15) is 56.8 Å². The fraction of sp³-hybridized carbons (Fsp3) is 0.167. The van der Waals surface area contributed by atoms with Crippen LogP contribution in [-0.4, -0.2) is 52.1 Å². The Hall–Kier alpha value is -6.01. The lowest BCUT2D eigenvalue weighted by Crippen LogP contribution is -2.30. The molecule has 0 spiro atoms. The molecule has 0 N–H and O–H groups in total. The second kappa shape index (κ2) is 10.0. The monoisotopic (exact) mass is 665 g/mol. The maximum Gasteiger partial charge on any atom is 0.267 e. The van der Waals surface area contributed by atoms with Crippen molar-refractivity contribution >= 4 is 51.4 Å². The van der Waals surface area contributed by atoms with E-state index in [-0.39, 0.29) is 29.3 Å². The van der Waals surface area contributed by atoms with E-state index >= 15 is 0 Å². The number of halogens is 1. The number of carbonyl (C=O) groups excluding carboxylic acids is 2. The summed E-state index contributed by atoms with van der Waals surface area (Å²) in [5.74, 6) is 0.163. The van der Waals surface area contributed by atoms with Gasteiger partial charge in [0.05, 0.1) is 28.4 Å². The Bertz CT molecular complexity index is 2550. The number of hydrogen-bond donors (Lipinski definition) is 0. The van der Waals surface area contributed by atoms with Crippen LogP contribution in [0.15, 0.2) is 95.1 Å². The Labute approximate surface area is 282 Å². The summed E-state index contributed by atoms with van der Waals surface area (Å²) in [7, 11) is 1.80. The van der Waals surface area contributed by atoms with Crippen LogP contribution in [0.25, 0.3) is 33.3 Å². The van der Waals surface area contributed by atoms with E-state index in [0.29, 0.717) is 39.7 Å². The van der Waals surface area contributed by atoms with Gasteiger partial charge in [0.25, 0.3) is 17.4 Å². The number of amides is 2. The van der Waals surface area contributed by atoms with Gasteiger partial charge in [-0.05, 0) is 88.0 Å². The molecular weight excluding hydrogens is 642 g/mol. The highest BCUT2D eigenvalue weighted by molar-refractivity contribution is 6.35. The molecule has 0 saturated heterocycles. The van der Waals surface area contributed by atoms with Crippen molar-refractivity contribution in [1.82, 2.24) is 34.6 Å². The smallest absolute Gasteiger partial charge is 0.267 e. The molecule has 2 amide bonds. The van der Waals surface area contributed by atoms with Gasteiger partial charge in [0.1, 0.15) is 6.33 Å². The summed E-state index contributed by atoms with van der Waals surface area (Å²) >= 11 is 6.40. The molecule has 10 rings (SSSR count). The van der Waals surface area contributed by atoms with E-state index in [1.807, 2.05) is 41.1 Å². The van der Waals surface area contributed by atoms with Gasteiger partial charge in [-0.1, -0.05) is 29.8 Å². The van der Waals surface area contributed by atoms with Crippen molar-refractivity contribution < 1.29 is 9.59 Å². The minimum Gasteiger partial charge on any atom is -0.303 e. The summed E-state index contributed by atoms with van der Waals surface area (Å²) in [4.78, 5) is 46.3. The third-order valence-electron chi connectivity index (χ3n) is 10.2. The highest BCUT2D eigenvalue weighted by Gasteiger charge is 2.54. The van der Waals surface area contributed by atoms with Gasteiger partial charge in [-0.15, -0.1) is 5.10 Å². The van der Waals surface area contributed by atoms with Gasteiger partial charge >= 0.3 is 0 Å². The number of anilines is 1. The zero-order valence-corrected chi connectivity index (χ0v) is 26.6. The lowest BCUT2D eigenvalue weighted by atomic mass is 9.97. The first-order valence-electron chi connectivity index (χ1n) is 15.9. The number of benzene rings is 3. The third-order valence-corrected chi connectivity index (χ3v) is 10.4. The molecule has 0 bridgehead atoms. The number of carbonyl (C=O) groups is 2. The van der Waals surface area contributed by atoms with Crippen LogP contribution in [0.2, 0.25) is 5.02 Å². The van der Waals surface area contributed by atoms with Crippen molar-refractivity contribution in [3.63, 3.8) is 0 Å². The van der Waals surface area contributed by atoms with Gasteiger partial charge in [0, 0.05) is 59.0 Å². The molecule has 3 aromatic heterocycles. The normalized spacial score (nSPS) is 20.4. The summed E-state index contributed by atoms with van der Waals surface area (Å²) in [5.41, 5.74) is 7.71. The minimum absolute atomic E-state index is 0.0829. The Morgan fingerprint density at radius 1 is 0.878 bits per heavy atom. The van der Waals surface area contributed by atoms with Crippen LogP contribution in [0.5, 0.6) is 0 Å². The number of allylic oxidation sites excluding steroid dienone is 1. The van der Waals surface area contributed by atoms with Crippen molar-refractivity contribution in [2.45, 2.75) is 24.8 Å². The largest absolute Gasteiger partial charge is 0.303 e. The summed E-state index contributed by atoms with van der Waals surface area (Å²) in [5, 5.41) is 17.4. The Kier molecular flexibility index (Phi) is 5.72. The molecule has 1 fully saturated rings. The fourth-order valence-corrected chi connectivity index (χ4v) is 8.00. The number of hydrogen-bond acceptors (Lipinski definition) is 8. The Balaban J connectivity index is 0.944. The zero-order valence-electron chi connectivity index (χ0n) is 25.9. The van der Waals surface area contributed by atoms with Crippen molar-refractivity contribution in [2.24, 2.45) is 18.0 Å². The van der Waals surface area contributed by atoms with Crippen molar-refractivity contribution in [1.29, 1.82) is 0 Å². The summed E-state index contributed by atoms with van der Waals surface area (Å²) in [6.45, 7) is 0. The number of aryl methyl sites for hydroxylation is 1. The van der Waals surface area contributed by atoms with E-state index in [4.69, 9.17) is 16.6 Å². The van der Waals surface area contributed by atoms with Crippen molar-refractivity contribution in [2.75, 3.05) is 4.90 Å². The number of tetrazole rings is 1. The van der Waals surface area contributed by atoms with E-state index in [2.05, 4.69) is 26.7 Å². The van der Waals surface area contributed by atoms with Crippen LogP contribution in [0.3, 0.4) is 0 Å². The van der Waals surface area contributed by atoms with Crippen molar-refractivity contribution in [3.05, 3.63) is 123 Å². The molecule has 13 heteroatoms. The zero-order chi connectivity index (χ0) is 33.1. The number of imide groups is 1. The minimum atomic E-state index is -0.376. The quantitative estimate of drug-likeness (QED) is 0.226. The second-order valence-electron chi connectivity index (χ2n) is 12.9. The topological polar surface area (TPSA) is 133 Å². The highest BCUT2D eigenvalue weighted by Crippen LogP contribution is 2.60. The Morgan fingerprint density at radius 2 is 1.69 bits per heavy atom. The van der Waals surface area contributed by atoms with Crippen LogP contribution in [-0.2, 0) is 7.05 Å². The Morgan fingerprint density at radius 3 is 2.47 bits per heavy atom. The number of rotatable bonds is 5. The summed E-state index contributed by atoms with van der Waals surface area (Å²) < 4.78 is 5.17. The number of pyridine rings is 1. The highest BCUT2D eigenvalue weighted by atomic mass is 35.5. The molecular formula is C36H24ClN9O3. The first kappa shape index (κ1) is 28.0. The maximum absolute atomic E-state index is 13.8. The van der Waals surface area contributed by atoms with Crippen LogP contribution in [0.4, 0.5) is 5.82 Å². The standard InChI is InChI=1S/C36H24ClN9O3/c1-43-30-11-18(6-8-24(30)34(40-43)46-35(48)22-4-2-3-5-23(22)36(46)49)20-10-28(38-16-20)33-27-15-26(27)31-12-19(13-32(47)45(31)33)25-14-21(37)7-9-29(25)44-17-39-41-42-44/h2-9,11-14,16-17,26-27,33H,10,15H2,1H3/t26-,27+,33+/m1/s1. The van der Waals surface area contributed by atoms with Gasteiger partial charge in [0.2, 0.25) is 0 Å². The van der Waals surface area contributed by atoms with Crippen LogP contribution >= 0.6 is 11.6 Å². The van der Waals surface area contributed by atoms with Crippen molar-refractivity contribution in [3.8, 4) is 16.8 Å². The van der Waals surface area contributed by atoms with E-state index < -0.39 is 0 Å². The molecule has 12 nitrogen and oxygen atoms in total. The van der Waals surface area contributed by atoms with Gasteiger partial charge in [-0.3, -0.25) is 24.1 Å². The fourth-order valence-electron chi connectivity index (χ4n) is 7.83. The second-order valence-corrected chi connectivity index (χ2v) is 13.3. The van der Waals surface area contributed by atoms with E-state index in [0.717, 1.165) is 56.2 Å². The molecule has 49 heavy (non-hydrogen) atoms. The first-order valence-corrected chi connectivity index (χ1v) is 16.2. The van der Waals surface area contributed by atoms with Gasteiger partial charge in [-0.2, -0.15) is 9.78 Å². The van der Waals surface area contributed by atoms with E-state index in [1.54, 1.807) is 52.8 Å². The van der Waals surface area contributed by atoms with Gasteiger partial charge in [0.15, 0.2) is 5.82 Å². The molecule has 0 radical (unpaired) electrons. The molecule has 0 unspecified atom stereocenters. The van der Waals surface area contributed by atoms with Crippen LogP contribution < -0.4 is 10.5 Å². The van der Waals surface area contributed by atoms with Gasteiger partial charge in [-0.25, -0.2) is 4.90 Å². The lowest BCUT2D eigenvalue weighted by Gasteiger charge is -2.20. The van der Waals surface area contributed by atoms with E-state index in [1.165, 1.54) is 6.33 Å². The molecule has 3 atom stereocenters. The molecule has 1 aliphatic carbocycles. The van der Waals surface area contributed by atoms with Crippen LogP contribution in [0, 0.1) is 5.92 Å². The predicted molar refractivity (Wildman–Crippen MR) is 182 cm³/mol. The molecule has 6 aromatic rings. The number of nitrogens with zero attached hydrogens (tertiary/aromatic N) is 9. The molecule has 3 aliphatic heterocycles. The molecule has 238 valence electrons. The molecule has 4 aliphatic rings. The third kappa shape index (κ3) is 4.04. The van der Waals surface area contributed by atoms with E-state index in [9.17, 15) is 14.4 Å². The number of aliphatic imine (C=N–C) groups is 1. The SMILES string of the molecule is Cn1nc(N2C(=O)c3ccccc3C2=O)c2ccc(C3=CN=C([C@@H]4[C@H]5C[C@H]5c5cc(-c6cc(Cl)ccc6-n6cnnn6)cc(=O)n54)C3)cc21. The first-order chi connectivity index (χ1) is 23.9. The molecule has 6 heterocycles. The summed E-state index contributed by atoms with van der Waals surface area (Å²) in [6.07, 6.45) is 5.01. The average molecular weight is 666 g/mol. The summed E-state index contributed by atoms with van der Waals surface area (Å²) in [6, 6.07) is 21.8. The molecule has 1 saturated carbocycles. The number of fused-ring (bicyclic) bond motifs is 5. The molecule has 3 aromatic carbocycles. The average Bonchev–Trinajstić information content (AvgIpc) is 3.59. The van der Waals surface area contributed by atoms with Gasteiger partial charge < -0.3 is 4.57 Å².